The van der Waals surface area contributed by atoms with E-state index in [1.807, 2.05) is 4.90 Å². The third-order valence-electron chi connectivity index (χ3n) is 7.25. The molecule has 13 nitrogen and oxygen atoms in total. The summed E-state index contributed by atoms with van der Waals surface area (Å²) in [7, 11) is 2.15. The van der Waals surface area contributed by atoms with Gasteiger partial charge in [-0.05, 0) is 45.9 Å². The molecular weight excluding hydrogens is 572 g/mol. The second kappa shape index (κ2) is 27.0. The van der Waals surface area contributed by atoms with Gasteiger partial charge >= 0.3 is 23.9 Å². The van der Waals surface area contributed by atoms with Gasteiger partial charge in [0.05, 0.1) is 45.7 Å². The average molecular weight is 631 g/mol. The van der Waals surface area contributed by atoms with Crippen molar-refractivity contribution in [1.82, 2.24) is 20.0 Å². The molecule has 2 N–H and O–H groups in total. The van der Waals surface area contributed by atoms with E-state index in [1.165, 1.54) is 6.92 Å². The zero-order valence-electron chi connectivity index (χ0n) is 27.2. The zero-order chi connectivity index (χ0) is 32.3. The number of aliphatic hydroxyl groups is 1. The molecule has 13 heteroatoms. The highest BCUT2D eigenvalue weighted by molar-refractivity contribution is 5.70. The Hall–Kier alpha value is -2.32. The van der Waals surface area contributed by atoms with E-state index in [1.54, 1.807) is 0 Å². The van der Waals surface area contributed by atoms with E-state index in [-0.39, 0.29) is 69.8 Å². The maximum atomic E-state index is 12.3. The van der Waals surface area contributed by atoms with E-state index in [0.29, 0.717) is 38.9 Å². The fourth-order valence-corrected chi connectivity index (χ4v) is 4.56. The van der Waals surface area contributed by atoms with E-state index >= 15 is 0 Å². The number of esters is 4. The van der Waals surface area contributed by atoms with Crippen LogP contribution in [0.5, 0.6) is 0 Å². The molecule has 1 saturated heterocycles. The summed E-state index contributed by atoms with van der Waals surface area (Å²) in [4.78, 5) is 53.9. The van der Waals surface area contributed by atoms with E-state index in [9.17, 15) is 19.2 Å². The molecule has 0 aromatic carbocycles. The Morgan fingerprint density at radius 1 is 0.659 bits per heavy atom. The molecule has 0 aromatic rings. The molecule has 1 aliphatic rings. The molecule has 0 aliphatic carbocycles. The number of unbranched alkanes of at least 4 members (excludes halogenated alkanes) is 3. The van der Waals surface area contributed by atoms with Crippen molar-refractivity contribution >= 4 is 23.9 Å². The highest BCUT2D eigenvalue weighted by Crippen LogP contribution is 2.05. The number of aliphatic hydroxyl groups excluding tert-OH is 1. The predicted octanol–water partition coefficient (Wildman–Crippen LogP) is 1.21. The van der Waals surface area contributed by atoms with Crippen molar-refractivity contribution in [2.24, 2.45) is 0 Å². The summed E-state index contributed by atoms with van der Waals surface area (Å²) >= 11 is 0. The Kier molecular flexibility index (Phi) is 24.4. The van der Waals surface area contributed by atoms with Crippen LogP contribution in [0.2, 0.25) is 0 Å². The predicted molar refractivity (Wildman–Crippen MR) is 166 cm³/mol. The molecule has 1 aliphatic heterocycles. The van der Waals surface area contributed by atoms with Crippen LogP contribution >= 0.6 is 0 Å². The number of hydrogen-bond acceptors (Lipinski definition) is 13. The van der Waals surface area contributed by atoms with Gasteiger partial charge in [-0.3, -0.25) is 19.2 Å². The minimum atomic E-state index is -0.366. The highest BCUT2D eigenvalue weighted by Gasteiger charge is 2.14. The third-order valence-corrected chi connectivity index (χ3v) is 7.25. The van der Waals surface area contributed by atoms with Crippen LogP contribution in [0.25, 0.3) is 0 Å². The quantitative estimate of drug-likeness (QED) is 0.0762. The lowest BCUT2D eigenvalue weighted by Crippen LogP contribution is -2.45. The van der Waals surface area contributed by atoms with Gasteiger partial charge in [-0.25, -0.2) is 0 Å². The topological polar surface area (TPSA) is 147 Å². The van der Waals surface area contributed by atoms with Gasteiger partial charge in [-0.2, -0.15) is 0 Å². The lowest BCUT2D eigenvalue weighted by atomic mass is 10.2. The number of ether oxygens (including phenoxy) is 4. The first-order valence-electron chi connectivity index (χ1n) is 16.3. The first kappa shape index (κ1) is 39.7. The normalized spacial score (nSPS) is 14.0. The van der Waals surface area contributed by atoms with Crippen LogP contribution in [0.3, 0.4) is 0 Å². The van der Waals surface area contributed by atoms with Crippen LogP contribution < -0.4 is 5.32 Å². The summed E-state index contributed by atoms with van der Waals surface area (Å²) in [6, 6.07) is 0. The van der Waals surface area contributed by atoms with Crippen molar-refractivity contribution in [2.75, 3.05) is 106 Å². The Labute approximate surface area is 263 Å². The monoisotopic (exact) mass is 630 g/mol. The lowest BCUT2D eigenvalue weighted by molar-refractivity contribution is -0.147. The van der Waals surface area contributed by atoms with Crippen molar-refractivity contribution in [3.63, 3.8) is 0 Å². The molecule has 0 saturated carbocycles. The molecule has 0 amide bonds. The molecule has 0 atom stereocenters. The molecule has 1 heterocycles. The molecule has 1 fully saturated rings. The molecule has 0 aromatic heterocycles. The van der Waals surface area contributed by atoms with Crippen LogP contribution in [-0.4, -0.2) is 149 Å². The molecular formula is C31H58N4O9. The molecule has 0 radical (unpaired) electrons. The summed E-state index contributed by atoms with van der Waals surface area (Å²) in [5.41, 5.74) is 0. The third kappa shape index (κ3) is 24.1. The molecule has 0 unspecified atom stereocenters. The number of hydrogen-bond donors (Lipinski definition) is 2. The molecule has 0 spiro atoms. The fraction of sp³-hybridized carbons (Fsp3) is 0.871. The second-order valence-electron chi connectivity index (χ2n) is 11.2. The lowest BCUT2D eigenvalue weighted by Gasteiger charge is -2.32. The van der Waals surface area contributed by atoms with Gasteiger partial charge in [0.1, 0.15) is 0 Å². The van der Waals surface area contributed by atoms with Crippen LogP contribution in [0, 0.1) is 0 Å². The van der Waals surface area contributed by atoms with Gasteiger partial charge in [0.15, 0.2) is 0 Å². The number of likely N-dealkylation sites (N-methyl/N-ethyl adjacent to an activating group) is 1. The summed E-state index contributed by atoms with van der Waals surface area (Å²) in [5.74, 6) is -1.31. The summed E-state index contributed by atoms with van der Waals surface area (Å²) < 4.78 is 20.6. The summed E-state index contributed by atoms with van der Waals surface area (Å²) in [6.07, 6.45) is 6.16. The highest BCUT2D eigenvalue weighted by atomic mass is 16.6. The smallest absolute Gasteiger partial charge is 0.307 e. The average Bonchev–Trinajstić information content (AvgIpc) is 3.00. The number of nitrogens with zero attached hydrogens (tertiary/aromatic N) is 3. The van der Waals surface area contributed by atoms with E-state index in [0.717, 1.165) is 77.9 Å². The largest absolute Gasteiger partial charge is 0.466 e. The van der Waals surface area contributed by atoms with Crippen molar-refractivity contribution in [2.45, 2.75) is 71.1 Å². The number of rotatable bonds is 27. The first-order chi connectivity index (χ1) is 21.3. The molecule has 256 valence electrons. The Bertz CT molecular complexity index is 779. The van der Waals surface area contributed by atoms with Gasteiger partial charge in [0, 0.05) is 72.2 Å². The zero-order valence-corrected chi connectivity index (χ0v) is 27.2. The fourth-order valence-electron chi connectivity index (χ4n) is 4.56. The molecule has 1 rings (SSSR count). The summed E-state index contributed by atoms with van der Waals surface area (Å²) in [5, 5.41) is 12.3. The van der Waals surface area contributed by atoms with Gasteiger partial charge in [0.25, 0.3) is 0 Å². The van der Waals surface area contributed by atoms with E-state index in [2.05, 4.69) is 22.2 Å². The van der Waals surface area contributed by atoms with Crippen LogP contribution in [0.15, 0.2) is 0 Å². The van der Waals surface area contributed by atoms with E-state index in [4.69, 9.17) is 24.1 Å². The van der Waals surface area contributed by atoms with Crippen molar-refractivity contribution in [3.05, 3.63) is 0 Å². The minimum Gasteiger partial charge on any atom is -0.466 e. The molecule has 0 bridgehead atoms. The SMILES string of the molecule is CC(=O)OCCCOC(=O)CCN(CCCCCCO)CCC(=O)OCCCOC(=O)CCNCCCN1CCN(C)CC1. The number of nitrogens with one attached hydrogen (secondary N) is 1. The van der Waals surface area contributed by atoms with Gasteiger partial charge in [-0.1, -0.05) is 12.8 Å². The number of piperazine rings is 1. The van der Waals surface area contributed by atoms with Crippen molar-refractivity contribution in [3.8, 4) is 0 Å². The van der Waals surface area contributed by atoms with E-state index < -0.39 is 0 Å². The van der Waals surface area contributed by atoms with Crippen LogP contribution in [0.1, 0.15) is 71.1 Å². The minimum absolute atomic E-state index is 0.173. The van der Waals surface area contributed by atoms with Gasteiger partial charge in [-0.15, -0.1) is 0 Å². The number of carbonyl (C=O) groups is 4. The number of carbonyl (C=O) groups excluding carboxylic acids is 4. The van der Waals surface area contributed by atoms with Gasteiger partial charge < -0.3 is 44.1 Å². The standard InChI is InChI=1S/C31H58N4O9/c1-28(37)41-24-8-25-43-30(39)11-17-34(15-5-3-4-6-23-36)18-12-31(40)44-27-9-26-42-29(38)10-14-32-13-7-16-35-21-19-33(2)20-22-35/h32,36H,3-27H2,1-2H3. The Morgan fingerprint density at radius 2 is 1.20 bits per heavy atom. The maximum absolute atomic E-state index is 12.3. The van der Waals surface area contributed by atoms with Crippen molar-refractivity contribution < 1.29 is 43.2 Å². The van der Waals surface area contributed by atoms with Gasteiger partial charge in [0.2, 0.25) is 0 Å². The van der Waals surface area contributed by atoms with Crippen molar-refractivity contribution in [1.29, 1.82) is 0 Å². The van der Waals surface area contributed by atoms with Crippen LogP contribution in [-0.2, 0) is 38.1 Å². The first-order valence-corrected chi connectivity index (χ1v) is 16.3. The molecule has 44 heavy (non-hydrogen) atoms. The second-order valence-corrected chi connectivity index (χ2v) is 11.2. The Balaban J connectivity index is 2.12. The maximum Gasteiger partial charge on any atom is 0.307 e. The van der Waals surface area contributed by atoms with Crippen LogP contribution in [0.4, 0.5) is 0 Å². The summed E-state index contributed by atoms with van der Waals surface area (Å²) in [6.45, 7) is 10.9. The Morgan fingerprint density at radius 3 is 1.77 bits per heavy atom.